The van der Waals surface area contributed by atoms with Gasteiger partial charge in [0.05, 0.1) is 35.0 Å². The van der Waals surface area contributed by atoms with Crippen molar-refractivity contribution in [2.45, 2.75) is 20.8 Å². The number of aromatic amines is 2. The Morgan fingerprint density at radius 3 is 2.69 bits per heavy atom. The fraction of sp³-hybridized carbons (Fsp3) is 0.148. The third-order valence-corrected chi connectivity index (χ3v) is 6.72. The SMILES string of the molecule is CC(C)(C)C(=O)Nc1cncc(-c2cc3c(-c4cc5c(-c6ccsc6)ccnc5[nH]4)n[nH]c3cn2)c1. The summed E-state index contributed by atoms with van der Waals surface area (Å²) in [6, 6.07) is 10.1. The maximum Gasteiger partial charge on any atom is 0.229 e. The molecule has 9 heteroatoms. The molecular weight excluding hydrogens is 470 g/mol. The number of thiophene rings is 1. The molecule has 178 valence electrons. The van der Waals surface area contributed by atoms with Gasteiger partial charge in [0.25, 0.3) is 0 Å². The Bertz CT molecular complexity index is 1720. The van der Waals surface area contributed by atoms with Crippen LogP contribution in [0, 0.1) is 5.41 Å². The van der Waals surface area contributed by atoms with Crippen LogP contribution in [-0.4, -0.2) is 36.0 Å². The molecule has 0 unspecified atom stereocenters. The van der Waals surface area contributed by atoms with Crippen molar-refractivity contribution in [1.29, 1.82) is 0 Å². The minimum atomic E-state index is -0.503. The van der Waals surface area contributed by atoms with Crippen LogP contribution in [0.25, 0.3) is 55.7 Å². The molecule has 0 atom stereocenters. The van der Waals surface area contributed by atoms with Gasteiger partial charge in [0.15, 0.2) is 0 Å². The van der Waals surface area contributed by atoms with E-state index in [4.69, 9.17) is 0 Å². The van der Waals surface area contributed by atoms with Gasteiger partial charge in [-0.1, -0.05) is 20.8 Å². The normalized spacial score (nSPS) is 11.9. The minimum Gasteiger partial charge on any atom is -0.338 e. The van der Waals surface area contributed by atoms with Gasteiger partial charge in [0, 0.05) is 34.1 Å². The second-order valence-electron chi connectivity index (χ2n) is 9.67. The molecule has 0 aliphatic rings. The number of hydrogen-bond donors (Lipinski definition) is 3. The highest BCUT2D eigenvalue weighted by atomic mass is 32.1. The molecule has 0 aliphatic heterocycles. The van der Waals surface area contributed by atoms with Crippen LogP contribution in [0.1, 0.15) is 20.8 Å². The smallest absolute Gasteiger partial charge is 0.229 e. The maximum absolute atomic E-state index is 12.4. The number of amides is 1. The van der Waals surface area contributed by atoms with E-state index in [0.29, 0.717) is 5.69 Å². The number of nitrogens with zero attached hydrogens (tertiary/aromatic N) is 4. The Hall–Kier alpha value is -4.37. The first-order valence-electron chi connectivity index (χ1n) is 11.5. The van der Waals surface area contributed by atoms with Gasteiger partial charge in [0.2, 0.25) is 5.91 Å². The lowest BCUT2D eigenvalue weighted by atomic mass is 9.95. The highest BCUT2D eigenvalue weighted by Gasteiger charge is 2.21. The van der Waals surface area contributed by atoms with E-state index in [-0.39, 0.29) is 5.91 Å². The zero-order valence-electron chi connectivity index (χ0n) is 20.0. The Morgan fingerprint density at radius 2 is 1.89 bits per heavy atom. The summed E-state index contributed by atoms with van der Waals surface area (Å²) >= 11 is 1.67. The summed E-state index contributed by atoms with van der Waals surface area (Å²) in [5, 5.41) is 16.8. The Labute approximate surface area is 210 Å². The van der Waals surface area contributed by atoms with Crippen molar-refractivity contribution in [3.8, 4) is 33.8 Å². The fourth-order valence-electron chi connectivity index (χ4n) is 4.07. The van der Waals surface area contributed by atoms with E-state index in [1.807, 2.05) is 45.2 Å². The van der Waals surface area contributed by atoms with E-state index in [2.05, 4.69) is 58.3 Å². The zero-order valence-corrected chi connectivity index (χ0v) is 20.8. The van der Waals surface area contributed by atoms with Crippen molar-refractivity contribution in [1.82, 2.24) is 30.1 Å². The van der Waals surface area contributed by atoms with E-state index >= 15 is 0 Å². The predicted molar refractivity (Wildman–Crippen MR) is 144 cm³/mol. The van der Waals surface area contributed by atoms with E-state index in [1.165, 1.54) is 5.56 Å². The third kappa shape index (κ3) is 3.93. The van der Waals surface area contributed by atoms with Crippen LogP contribution in [-0.2, 0) is 4.79 Å². The van der Waals surface area contributed by atoms with Gasteiger partial charge < -0.3 is 10.3 Å². The molecule has 0 saturated heterocycles. The number of hydrogen-bond acceptors (Lipinski definition) is 6. The minimum absolute atomic E-state index is 0.0729. The first-order valence-corrected chi connectivity index (χ1v) is 12.4. The number of pyridine rings is 3. The molecule has 36 heavy (non-hydrogen) atoms. The molecule has 3 N–H and O–H groups in total. The van der Waals surface area contributed by atoms with Crippen molar-refractivity contribution in [2.75, 3.05) is 5.32 Å². The van der Waals surface area contributed by atoms with Crippen LogP contribution >= 0.6 is 11.3 Å². The van der Waals surface area contributed by atoms with Gasteiger partial charge in [-0.3, -0.25) is 19.9 Å². The van der Waals surface area contributed by atoms with Crippen LogP contribution < -0.4 is 5.32 Å². The Kier molecular flexibility index (Phi) is 5.15. The fourth-order valence-corrected chi connectivity index (χ4v) is 4.73. The molecule has 0 aromatic carbocycles. The number of carbonyl (C=O) groups excluding carboxylic acids is 1. The van der Waals surface area contributed by atoms with Gasteiger partial charge >= 0.3 is 0 Å². The predicted octanol–water partition coefficient (Wildman–Crippen LogP) is 6.28. The average Bonchev–Trinajstić information content (AvgIpc) is 3.62. The van der Waals surface area contributed by atoms with Crippen LogP contribution in [0.15, 0.2) is 65.9 Å². The topological polar surface area (TPSA) is 112 Å². The Balaban J connectivity index is 1.40. The van der Waals surface area contributed by atoms with Crippen LogP contribution in [0.5, 0.6) is 0 Å². The molecule has 0 fully saturated rings. The molecule has 6 rings (SSSR count). The van der Waals surface area contributed by atoms with Gasteiger partial charge in [0.1, 0.15) is 11.3 Å². The van der Waals surface area contributed by atoms with Crippen LogP contribution in [0.4, 0.5) is 5.69 Å². The molecule has 0 saturated carbocycles. The van der Waals surface area contributed by atoms with Crippen molar-refractivity contribution in [3.05, 3.63) is 65.9 Å². The molecular formula is C27H23N7OS. The van der Waals surface area contributed by atoms with E-state index in [0.717, 1.165) is 50.1 Å². The van der Waals surface area contributed by atoms with Gasteiger partial charge in [-0.05, 0) is 52.2 Å². The zero-order chi connectivity index (χ0) is 24.9. The highest BCUT2D eigenvalue weighted by molar-refractivity contribution is 7.08. The van der Waals surface area contributed by atoms with E-state index in [9.17, 15) is 4.79 Å². The van der Waals surface area contributed by atoms with E-state index < -0.39 is 5.41 Å². The molecule has 0 bridgehead atoms. The number of aromatic nitrogens is 6. The first-order chi connectivity index (χ1) is 17.4. The monoisotopic (exact) mass is 493 g/mol. The second-order valence-corrected chi connectivity index (χ2v) is 10.4. The maximum atomic E-state index is 12.4. The van der Waals surface area contributed by atoms with Gasteiger partial charge in [-0.2, -0.15) is 16.4 Å². The average molecular weight is 494 g/mol. The lowest BCUT2D eigenvalue weighted by Gasteiger charge is -2.17. The number of H-pyrrole nitrogens is 2. The van der Waals surface area contributed by atoms with E-state index in [1.54, 1.807) is 29.9 Å². The molecule has 6 heterocycles. The second kappa shape index (κ2) is 8.39. The van der Waals surface area contributed by atoms with Crippen molar-refractivity contribution < 1.29 is 4.79 Å². The summed E-state index contributed by atoms with van der Waals surface area (Å²) in [6.45, 7) is 5.62. The van der Waals surface area contributed by atoms with Gasteiger partial charge in [-0.25, -0.2) is 4.98 Å². The lowest BCUT2D eigenvalue weighted by Crippen LogP contribution is -2.27. The Morgan fingerprint density at radius 1 is 1.00 bits per heavy atom. The van der Waals surface area contributed by atoms with Crippen LogP contribution in [0.3, 0.4) is 0 Å². The van der Waals surface area contributed by atoms with Gasteiger partial charge in [-0.15, -0.1) is 0 Å². The highest BCUT2D eigenvalue weighted by Crippen LogP contribution is 2.34. The molecule has 1 amide bonds. The molecule has 0 spiro atoms. The molecule has 6 aromatic heterocycles. The molecule has 8 nitrogen and oxygen atoms in total. The summed E-state index contributed by atoms with van der Waals surface area (Å²) in [5.74, 6) is -0.0729. The summed E-state index contributed by atoms with van der Waals surface area (Å²) in [7, 11) is 0. The molecule has 6 aromatic rings. The third-order valence-electron chi connectivity index (χ3n) is 6.04. The summed E-state index contributed by atoms with van der Waals surface area (Å²) in [6.07, 6.45) is 6.95. The number of rotatable bonds is 4. The van der Waals surface area contributed by atoms with Crippen molar-refractivity contribution in [3.63, 3.8) is 0 Å². The van der Waals surface area contributed by atoms with Crippen molar-refractivity contribution in [2.24, 2.45) is 5.41 Å². The standard InChI is InChI=1S/C27H23N7OS/c1-27(2,3)26(35)31-17-8-16(11-28-12-17)21-10-20-23(13-30-21)33-34-24(20)22-9-19-18(15-5-7-36-14-15)4-6-29-25(19)32-22/h4-14H,1-3H3,(H,29,32)(H,31,35)(H,33,34). The number of anilines is 1. The number of fused-ring (bicyclic) bond motifs is 2. The molecule has 0 aliphatic carbocycles. The lowest BCUT2D eigenvalue weighted by molar-refractivity contribution is -0.123. The summed E-state index contributed by atoms with van der Waals surface area (Å²) in [4.78, 5) is 29.3. The summed E-state index contributed by atoms with van der Waals surface area (Å²) in [5.41, 5.74) is 7.25. The number of nitrogens with one attached hydrogen (secondary N) is 3. The quantitative estimate of drug-likeness (QED) is 0.268. The number of carbonyl (C=O) groups is 1. The van der Waals surface area contributed by atoms with Crippen LogP contribution in [0.2, 0.25) is 0 Å². The molecule has 0 radical (unpaired) electrons. The largest absolute Gasteiger partial charge is 0.338 e. The van der Waals surface area contributed by atoms with Crippen molar-refractivity contribution >= 4 is 44.9 Å². The first kappa shape index (κ1) is 22.1. The summed E-state index contributed by atoms with van der Waals surface area (Å²) < 4.78 is 0.